The molecule has 1 aromatic heterocycles. The van der Waals surface area contributed by atoms with Crippen molar-refractivity contribution in [3.8, 4) is 11.3 Å². The molecule has 0 unspecified atom stereocenters. The Labute approximate surface area is 114 Å². The molecule has 4 N–H and O–H groups in total. The first-order valence-corrected chi connectivity index (χ1v) is 6.14. The Bertz CT molecular complexity index is 573. The summed E-state index contributed by atoms with van der Waals surface area (Å²) in [7, 11) is 0. The molecule has 1 aliphatic heterocycles. The van der Waals surface area contributed by atoms with E-state index in [2.05, 4.69) is 5.16 Å². The smallest absolute Gasteiger partial charge is 0.167 e. The highest BCUT2D eigenvalue weighted by Gasteiger charge is 2.44. The first-order valence-electron chi connectivity index (χ1n) is 6.14. The topological polar surface area (TPSA) is 108 Å². The van der Waals surface area contributed by atoms with Crippen LogP contribution in [-0.4, -0.2) is 39.0 Å². The van der Waals surface area contributed by atoms with Crippen molar-refractivity contribution in [3.05, 3.63) is 42.1 Å². The summed E-state index contributed by atoms with van der Waals surface area (Å²) >= 11 is 0. The summed E-state index contributed by atoms with van der Waals surface area (Å²) in [4.78, 5) is 0. The molecule has 20 heavy (non-hydrogen) atoms. The van der Waals surface area contributed by atoms with Crippen LogP contribution < -0.4 is 5.48 Å². The maximum atomic E-state index is 9.88. The maximum Gasteiger partial charge on any atom is 0.167 e. The van der Waals surface area contributed by atoms with E-state index in [1.54, 1.807) is 11.5 Å². The van der Waals surface area contributed by atoms with Gasteiger partial charge in [0.15, 0.2) is 12.0 Å². The minimum Gasteiger partial charge on any atom is -0.387 e. The molecule has 0 spiro atoms. The number of aliphatic hydroxyl groups excluding tert-OH is 2. The van der Waals surface area contributed by atoms with Crippen molar-refractivity contribution in [1.82, 2.24) is 10.6 Å². The number of hydroxylamine groups is 1. The van der Waals surface area contributed by atoms with Gasteiger partial charge in [-0.15, -0.1) is 0 Å². The van der Waals surface area contributed by atoms with Gasteiger partial charge >= 0.3 is 0 Å². The summed E-state index contributed by atoms with van der Waals surface area (Å²) in [6.45, 7) is 0. The van der Waals surface area contributed by atoms with Gasteiger partial charge in [0.25, 0.3) is 0 Å². The predicted molar refractivity (Wildman–Crippen MR) is 66.5 cm³/mol. The van der Waals surface area contributed by atoms with Crippen LogP contribution in [0.25, 0.3) is 11.3 Å². The van der Waals surface area contributed by atoms with Gasteiger partial charge in [-0.3, -0.25) is 0 Å². The van der Waals surface area contributed by atoms with E-state index in [1.165, 1.54) is 0 Å². The van der Waals surface area contributed by atoms with E-state index in [9.17, 15) is 10.2 Å². The molecular formula is C13H14N2O5. The third-order valence-electron chi connectivity index (χ3n) is 3.27. The first-order chi connectivity index (χ1) is 9.70. The number of nitrogens with zero attached hydrogens (tertiary/aromatic N) is 1. The Kier molecular flexibility index (Phi) is 3.51. The molecule has 106 valence electrons. The van der Waals surface area contributed by atoms with Crippen molar-refractivity contribution in [3.63, 3.8) is 0 Å². The van der Waals surface area contributed by atoms with Gasteiger partial charge in [-0.1, -0.05) is 35.5 Å². The lowest BCUT2D eigenvalue weighted by atomic mass is 10.1. The zero-order chi connectivity index (χ0) is 14.1. The Morgan fingerprint density at radius 3 is 2.50 bits per heavy atom. The molecule has 0 aliphatic carbocycles. The molecule has 2 heterocycles. The Morgan fingerprint density at radius 2 is 1.85 bits per heavy atom. The Balaban J connectivity index is 1.84. The number of aromatic nitrogens is 1. The van der Waals surface area contributed by atoms with Crippen molar-refractivity contribution < 1.29 is 24.7 Å². The summed E-state index contributed by atoms with van der Waals surface area (Å²) in [5.74, 6) is 0.534. The van der Waals surface area contributed by atoms with Gasteiger partial charge in [0.05, 0.1) is 0 Å². The minimum absolute atomic E-state index is 0.355. The van der Waals surface area contributed by atoms with E-state index in [0.717, 1.165) is 5.56 Å². The summed E-state index contributed by atoms with van der Waals surface area (Å²) in [6.07, 6.45) is -4.38. The Morgan fingerprint density at radius 1 is 1.10 bits per heavy atom. The van der Waals surface area contributed by atoms with Crippen LogP contribution in [0.1, 0.15) is 11.8 Å². The van der Waals surface area contributed by atoms with E-state index in [0.29, 0.717) is 11.5 Å². The molecule has 1 fully saturated rings. The molecular weight excluding hydrogens is 264 g/mol. The second-order valence-corrected chi connectivity index (χ2v) is 4.57. The number of hydrogen-bond donors (Lipinski definition) is 4. The van der Waals surface area contributed by atoms with Crippen LogP contribution >= 0.6 is 0 Å². The van der Waals surface area contributed by atoms with Gasteiger partial charge in [0.2, 0.25) is 0 Å². The number of ether oxygens (including phenoxy) is 1. The van der Waals surface area contributed by atoms with E-state index in [4.69, 9.17) is 14.5 Å². The lowest BCUT2D eigenvalue weighted by Crippen LogP contribution is -2.38. The first kappa shape index (κ1) is 13.2. The van der Waals surface area contributed by atoms with Crippen molar-refractivity contribution >= 4 is 0 Å². The molecule has 0 bridgehead atoms. The summed E-state index contributed by atoms with van der Waals surface area (Å²) < 4.78 is 10.5. The van der Waals surface area contributed by atoms with Gasteiger partial charge in [-0.05, 0) is 0 Å². The molecule has 2 aromatic rings. The van der Waals surface area contributed by atoms with Crippen LogP contribution in [0, 0.1) is 0 Å². The number of rotatable bonds is 3. The third kappa shape index (κ3) is 2.21. The normalized spacial score (nSPS) is 29.8. The average Bonchev–Trinajstić information content (AvgIpc) is 3.07. The second-order valence-electron chi connectivity index (χ2n) is 4.57. The van der Waals surface area contributed by atoms with E-state index < -0.39 is 24.5 Å². The lowest BCUT2D eigenvalue weighted by molar-refractivity contribution is -0.0805. The van der Waals surface area contributed by atoms with Crippen LogP contribution in [0.5, 0.6) is 0 Å². The van der Waals surface area contributed by atoms with E-state index in [1.807, 2.05) is 30.3 Å². The minimum atomic E-state index is -1.25. The zero-order valence-electron chi connectivity index (χ0n) is 10.4. The molecule has 1 saturated heterocycles. The molecule has 7 nitrogen and oxygen atoms in total. The van der Waals surface area contributed by atoms with Crippen molar-refractivity contribution in [2.75, 3.05) is 0 Å². The van der Waals surface area contributed by atoms with Crippen LogP contribution in [0.4, 0.5) is 0 Å². The molecule has 1 aliphatic rings. The molecule has 0 amide bonds. The number of benzene rings is 1. The lowest BCUT2D eigenvalue weighted by Gasteiger charge is -2.11. The maximum absolute atomic E-state index is 9.88. The summed E-state index contributed by atoms with van der Waals surface area (Å²) in [5.41, 5.74) is 2.99. The highest BCUT2D eigenvalue weighted by molar-refractivity contribution is 5.57. The van der Waals surface area contributed by atoms with Crippen LogP contribution in [0.3, 0.4) is 0 Å². The highest BCUT2D eigenvalue weighted by Crippen LogP contribution is 2.33. The highest BCUT2D eigenvalue weighted by atomic mass is 16.6. The summed E-state index contributed by atoms with van der Waals surface area (Å²) in [5, 5.41) is 32.2. The zero-order valence-corrected chi connectivity index (χ0v) is 10.4. The SMILES string of the molecule is ON[C@H]1O[C@H](c2cc(-c3ccccc3)on2)[C@H](O)[C@H]1O. The fourth-order valence-corrected chi connectivity index (χ4v) is 2.19. The van der Waals surface area contributed by atoms with Gasteiger partial charge in [-0.25, -0.2) is 0 Å². The number of aliphatic hydroxyl groups is 2. The molecule has 3 rings (SSSR count). The van der Waals surface area contributed by atoms with Crippen LogP contribution in [-0.2, 0) is 4.74 Å². The molecule has 4 atom stereocenters. The quantitative estimate of drug-likeness (QED) is 0.603. The van der Waals surface area contributed by atoms with Gasteiger partial charge < -0.3 is 24.7 Å². The fraction of sp³-hybridized carbons (Fsp3) is 0.308. The number of hydrogen-bond acceptors (Lipinski definition) is 7. The molecule has 0 saturated carbocycles. The standard InChI is InChI=1S/C13H14N2O5/c16-10-11(17)13(14-18)19-12(10)8-6-9(20-15-8)7-4-2-1-3-5-7/h1-6,10-14,16-18H/t10-,11-,12-,13+/m1/s1. The molecule has 7 heteroatoms. The van der Waals surface area contributed by atoms with Gasteiger partial charge in [0.1, 0.15) is 24.0 Å². The van der Waals surface area contributed by atoms with Gasteiger partial charge in [-0.2, -0.15) is 5.48 Å². The average molecular weight is 278 g/mol. The second kappa shape index (κ2) is 5.31. The molecule has 0 radical (unpaired) electrons. The van der Waals surface area contributed by atoms with Crippen LogP contribution in [0.2, 0.25) is 0 Å². The monoisotopic (exact) mass is 278 g/mol. The predicted octanol–water partition coefficient (Wildman–Crippen LogP) is 0.440. The fourth-order valence-electron chi connectivity index (χ4n) is 2.19. The van der Waals surface area contributed by atoms with E-state index >= 15 is 0 Å². The van der Waals surface area contributed by atoms with Gasteiger partial charge in [0, 0.05) is 11.6 Å². The largest absolute Gasteiger partial charge is 0.387 e. The third-order valence-corrected chi connectivity index (χ3v) is 3.27. The number of nitrogens with one attached hydrogen (secondary N) is 1. The summed E-state index contributed by atoms with van der Waals surface area (Å²) in [6, 6.07) is 11.0. The molecule has 1 aromatic carbocycles. The van der Waals surface area contributed by atoms with Crippen molar-refractivity contribution in [2.24, 2.45) is 0 Å². The Hall–Kier alpha value is -1.77. The van der Waals surface area contributed by atoms with Crippen molar-refractivity contribution in [1.29, 1.82) is 0 Å². The van der Waals surface area contributed by atoms with E-state index in [-0.39, 0.29) is 0 Å². The van der Waals surface area contributed by atoms with Crippen molar-refractivity contribution in [2.45, 2.75) is 24.5 Å². The van der Waals surface area contributed by atoms with Crippen LogP contribution in [0.15, 0.2) is 40.9 Å².